The molecule has 7 N–H and O–H groups in total. The number of cyclic esters (lactones) is 1. The number of esters is 2. The summed E-state index contributed by atoms with van der Waals surface area (Å²) in [6.45, 7) is 0.152. The van der Waals surface area contributed by atoms with Gasteiger partial charge in [-0.25, -0.2) is 27.3 Å². The molecule has 5 heterocycles. The summed E-state index contributed by atoms with van der Waals surface area (Å²) >= 11 is 0. The fourth-order valence-corrected chi connectivity index (χ4v) is 10.3. The van der Waals surface area contributed by atoms with Gasteiger partial charge in [-0.1, -0.05) is 6.92 Å². The summed E-state index contributed by atoms with van der Waals surface area (Å²) < 4.78 is 120. The molecular weight excluding hydrogens is 1210 g/mol. The molecule has 0 bridgehead atoms. The maximum Gasteiger partial charge on any atom is 0.343 e. The summed E-state index contributed by atoms with van der Waals surface area (Å²) in [5, 5.41) is 26.6. The lowest BCUT2D eigenvalue weighted by Crippen LogP contribution is -2.58. The van der Waals surface area contributed by atoms with Gasteiger partial charge in [0.05, 0.1) is 140 Å². The molecule has 27 nitrogen and oxygen atoms in total. The van der Waals surface area contributed by atoms with Crippen LogP contribution in [0.5, 0.6) is 5.75 Å². The molecule has 7 amide bonds. The lowest BCUT2D eigenvalue weighted by molar-refractivity contribution is -0.172. The fourth-order valence-electron chi connectivity index (χ4n) is 10.3. The molecule has 8 rings (SSSR count). The van der Waals surface area contributed by atoms with Crippen molar-refractivity contribution in [2.24, 2.45) is 0 Å². The molecule has 90 heavy (non-hydrogen) atoms. The molecule has 4 aliphatic rings. The molecule has 3 aliphatic heterocycles. The van der Waals surface area contributed by atoms with Crippen molar-refractivity contribution in [1.29, 1.82) is 0 Å². The van der Waals surface area contributed by atoms with Crippen molar-refractivity contribution in [2.45, 2.75) is 76.8 Å². The quantitative estimate of drug-likeness (QED) is 0.00799. The highest BCUT2D eigenvalue weighted by Gasteiger charge is 2.46. The molecule has 0 radical (unpaired) electrons. The predicted molar refractivity (Wildman–Crippen MR) is 294 cm³/mol. The van der Waals surface area contributed by atoms with Gasteiger partial charge in [0, 0.05) is 35.5 Å². The Hall–Kier alpha value is -8.63. The van der Waals surface area contributed by atoms with Gasteiger partial charge in [0.15, 0.2) is 5.60 Å². The van der Waals surface area contributed by atoms with Gasteiger partial charge in [0.2, 0.25) is 76.2 Å². The third kappa shape index (κ3) is 15.5. The molecule has 1 aliphatic carbocycles. The highest BCUT2D eigenvalue weighted by Crippen LogP contribution is 2.46. The smallest absolute Gasteiger partial charge is 0.343 e. The second-order valence-corrected chi connectivity index (χ2v) is 20.8. The lowest BCUT2D eigenvalue weighted by atomic mass is 9.81. The van der Waals surface area contributed by atoms with Gasteiger partial charge >= 0.3 is 11.9 Å². The molecule has 486 valence electrons. The summed E-state index contributed by atoms with van der Waals surface area (Å²) in [4.78, 5) is 134. The number of aromatic nitrogens is 2. The monoisotopic (exact) mass is 1280 g/mol. The Balaban J connectivity index is 0.674. The van der Waals surface area contributed by atoms with Crippen molar-refractivity contribution in [2.75, 3.05) is 105 Å². The predicted octanol–water partition coefficient (Wildman–Crippen LogP) is -0.413. The van der Waals surface area contributed by atoms with E-state index in [1.165, 1.54) is 21.6 Å². The molecular formula is C57H63F6N9O18. The van der Waals surface area contributed by atoms with E-state index in [0.717, 1.165) is 0 Å². The SMILES string of the molecule is CC[C@]1(O)C(=O)OCc2c1cc1n(c2=O)Cc2c-1nc1cc(F)c(C)c3c1c2[C@H](NC(=O)[C@@H]1COCCN1C(=O)CNC(=O)CNC(=O)CNC(=O)CNC(=O)CNC(=O)CCOCCOCCOCCOCCC(=O)Oc1c(F)c(F)c(F)c(F)c1F)CC3. The zero-order chi connectivity index (χ0) is 65.0. The van der Waals surface area contributed by atoms with E-state index < -0.39 is 156 Å². The highest BCUT2D eigenvalue weighted by molar-refractivity contribution is 5.96. The Morgan fingerprint density at radius 2 is 1.24 bits per heavy atom. The zero-order valence-electron chi connectivity index (χ0n) is 48.6. The number of carbonyl (C=O) groups is 9. The molecule has 2 aromatic carbocycles. The molecule has 2 aromatic heterocycles. The molecule has 0 unspecified atom stereocenters. The Labute approximate surface area is 507 Å². The summed E-state index contributed by atoms with van der Waals surface area (Å²) in [6, 6.07) is 0.938. The van der Waals surface area contributed by atoms with Crippen LogP contribution in [-0.2, 0) is 96.7 Å². The van der Waals surface area contributed by atoms with Gasteiger partial charge in [-0.3, -0.25) is 43.2 Å². The number of nitrogens with one attached hydrogen (secondary N) is 6. The lowest BCUT2D eigenvalue weighted by Gasteiger charge is -2.36. The van der Waals surface area contributed by atoms with Crippen LogP contribution in [0.1, 0.15) is 72.0 Å². The molecule has 0 saturated carbocycles. The standard InChI is InChI=1S/C57H63F6N9O18/c1-3-57(83)32-18-36-52-30(25-72(36)55(81)31(32)26-89-56(57)82)46-34(5-4-29-28(2)33(58)19-35(69-52)45(29)46)70-54(80)37-27-88-11-8-71(37)43(78)24-68-42(77)23-67-41(76)22-66-40(75)21-65-39(74)20-64-38(73)6-9-84-12-14-86-16-17-87-15-13-85-10-7-44(79)90-53-50(62)48(60)47(59)49(61)51(53)63/h18-19,34,37,83H,3-17,20-27H2,1-2H3,(H,64,73)(H,65,74)(H,66,75)(H,67,76)(H,68,77)(H,70,80)/t34-,37+,57-/m1/s1. The number of fused-ring (bicyclic) bond motifs is 5. The van der Waals surface area contributed by atoms with Gasteiger partial charge < -0.3 is 79.6 Å². The molecule has 0 spiro atoms. The number of morpholine rings is 1. The van der Waals surface area contributed by atoms with Gasteiger partial charge in [0.25, 0.3) is 5.56 Å². The average molecular weight is 1280 g/mol. The van der Waals surface area contributed by atoms with Gasteiger partial charge in [0.1, 0.15) is 18.5 Å². The van der Waals surface area contributed by atoms with E-state index >= 15 is 4.39 Å². The zero-order valence-corrected chi connectivity index (χ0v) is 48.6. The Kier molecular flexibility index (Phi) is 22.6. The summed E-state index contributed by atoms with van der Waals surface area (Å²) in [6.07, 6.45) is -0.119. The molecule has 33 heteroatoms. The van der Waals surface area contributed by atoms with Crippen molar-refractivity contribution in [1.82, 2.24) is 46.4 Å². The molecule has 1 saturated heterocycles. The Bertz CT molecular complexity index is 3530. The number of nitrogens with zero attached hydrogens (tertiary/aromatic N) is 3. The summed E-state index contributed by atoms with van der Waals surface area (Å²) in [5.41, 5.74) is 0.719. The van der Waals surface area contributed by atoms with Gasteiger partial charge in [-0.2, -0.15) is 8.78 Å². The van der Waals surface area contributed by atoms with Crippen molar-refractivity contribution in [3.8, 4) is 17.1 Å². The van der Waals surface area contributed by atoms with Crippen LogP contribution < -0.4 is 42.2 Å². The molecule has 1 fully saturated rings. The van der Waals surface area contributed by atoms with Crippen LogP contribution in [-0.4, -0.2) is 184 Å². The van der Waals surface area contributed by atoms with E-state index in [2.05, 4.69) is 36.6 Å². The number of rotatable bonds is 29. The average Bonchev–Trinajstić information content (AvgIpc) is 1.74. The molecule has 4 aromatic rings. The number of hydrogen-bond acceptors (Lipinski definition) is 19. The number of benzene rings is 2. The number of carbonyl (C=O) groups excluding carboxylic acids is 9. The van der Waals surface area contributed by atoms with E-state index in [1.807, 2.05) is 0 Å². The maximum atomic E-state index is 15.5. The summed E-state index contributed by atoms with van der Waals surface area (Å²) in [5.74, 6) is -20.8. The minimum atomic E-state index is -2.39. The van der Waals surface area contributed by atoms with Crippen LogP contribution in [0, 0.1) is 41.8 Å². The second kappa shape index (κ2) is 30.3. The summed E-state index contributed by atoms with van der Waals surface area (Å²) in [7, 11) is 0. The Morgan fingerprint density at radius 3 is 1.83 bits per heavy atom. The first kappa shape index (κ1) is 67.3. The highest BCUT2D eigenvalue weighted by atomic mass is 19.2. The number of aliphatic hydroxyl groups is 1. The van der Waals surface area contributed by atoms with Crippen LogP contribution in [0.2, 0.25) is 0 Å². The first-order chi connectivity index (χ1) is 43.0. The molecule has 3 atom stereocenters. The number of hydrogen-bond donors (Lipinski definition) is 7. The van der Waals surface area contributed by atoms with E-state index in [-0.39, 0.29) is 115 Å². The number of pyridine rings is 2. The second-order valence-electron chi connectivity index (χ2n) is 20.8. The number of halogens is 6. The van der Waals surface area contributed by atoms with Crippen molar-refractivity contribution >= 4 is 64.2 Å². The number of ether oxygens (including phenoxy) is 7. The van der Waals surface area contributed by atoms with E-state index in [9.17, 15) is 75.0 Å². The van der Waals surface area contributed by atoms with Crippen LogP contribution in [0.4, 0.5) is 26.3 Å². The van der Waals surface area contributed by atoms with E-state index in [0.29, 0.717) is 51.9 Å². The van der Waals surface area contributed by atoms with Crippen LogP contribution in [0.15, 0.2) is 16.9 Å². The minimum absolute atomic E-state index is 0.00139. The van der Waals surface area contributed by atoms with Crippen LogP contribution in [0.25, 0.3) is 22.3 Å². The van der Waals surface area contributed by atoms with Crippen molar-refractivity contribution in [3.63, 3.8) is 0 Å². The normalized spacial score (nSPS) is 17.1. The number of aryl methyl sites for hydroxylation is 1. The fraction of sp³-hybridized carbons (Fsp3) is 0.491. The van der Waals surface area contributed by atoms with Crippen LogP contribution >= 0.6 is 0 Å². The minimum Gasteiger partial charge on any atom is -0.458 e. The maximum absolute atomic E-state index is 15.5. The largest absolute Gasteiger partial charge is 0.458 e. The van der Waals surface area contributed by atoms with Gasteiger partial charge in [-0.15, -0.1) is 0 Å². The topological polar surface area (TPSA) is 349 Å². The first-order valence-electron chi connectivity index (χ1n) is 28.4. The first-order valence-corrected chi connectivity index (χ1v) is 28.4. The van der Waals surface area contributed by atoms with Crippen molar-refractivity contribution in [3.05, 3.63) is 90.8 Å². The van der Waals surface area contributed by atoms with Crippen molar-refractivity contribution < 1.29 is 108 Å². The van der Waals surface area contributed by atoms with E-state index in [1.54, 1.807) is 13.8 Å². The Morgan fingerprint density at radius 1 is 0.700 bits per heavy atom. The van der Waals surface area contributed by atoms with Gasteiger partial charge in [-0.05, 0) is 48.9 Å². The third-order valence-electron chi connectivity index (χ3n) is 15.1. The van der Waals surface area contributed by atoms with E-state index in [4.69, 9.17) is 33.4 Å². The third-order valence-corrected chi connectivity index (χ3v) is 15.1. The number of amides is 7. The van der Waals surface area contributed by atoms with Crippen LogP contribution in [0.3, 0.4) is 0 Å².